The van der Waals surface area contributed by atoms with Crippen molar-refractivity contribution in [1.29, 1.82) is 0 Å². The highest BCUT2D eigenvalue weighted by atomic mass is 32.2. The average Bonchev–Trinajstić information content (AvgIpc) is 3.32. The molecule has 1 amide bonds. The molecular formula is C27H31FN4O4S. The Bertz CT molecular complexity index is 1440. The fourth-order valence-corrected chi connectivity index (χ4v) is 6.74. The maximum absolute atomic E-state index is 14.4. The Kier molecular flexibility index (Phi) is 7.30. The zero-order valence-electron chi connectivity index (χ0n) is 20.8. The summed E-state index contributed by atoms with van der Waals surface area (Å²) in [6.45, 7) is 1.90. The fraction of sp³-hybridized carbons (Fsp3) is 0.407. The highest BCUT2D eigenvalue weighted by Gasteiger charge is 2.27. The van der Waals surface area contributed by atoms with Gasteiger partial charge in [0.25, 0.3) is 5.91 Å². The standard InChI is InChI=1S/C27H31FN4O4S/c1-36-25-6-2-5-23(28)22(25)17-32-11-3-4-18(16-32)15-29-27(33)20-7-8-24-21(14-20)26(31-30-24)19-9-12-37(34,35)13-10-19/h2,5-8,14-15,19H,3-4,9-13,16-17H2,1H3,(H,29,33)(H,30,31)/b18-15-. The normalized spacial score (nSPS) is 19.8. The van der Waals surface area contributed by atoms with Crippen LogP contribution in [0.5, 0.6) is 5.75 Å². The number of hydrogen-bond donors (Lipinski definition) is 2. The minimum absolute atomic E-state index is 0.0789. The number of methoxy groups -OCH3 is 1. The van der Waals surface area contributed by atoms with Crippen molar-refractivity contribution in [3.8, 4) is 5.75 Å². The van der Waals surface area contributed by atoms with E-state index in [1.807, 2.05) is 6.07 Å². The topological polar surface area (TPSA) is 104 Å². The van der Waals surface area contributed by atoms with Gasteiger partial charge in [-0.2, -0.15) is 5.10 Å². The van der Waals surface area contributed by atoms with Gasteiger partial charge in [0, 0.05) is 47.4 Å². The first-order valence-corrected chi connectivity index (χ1v) is 14.4. The summed E-state index contributed by atoms with van der Waals surface area (Å²) >= 11 is 0. The molecule has 196 valence electrons. The van der Waals surface area contributed by atoms with Gasteiger partial charge in [-0.3, -0.25) is 14.8 Å². The van der Waals surface area contributed by atoms with Crippen LogP contribution in [0.4, 0.5) is 4.39 Å². The first-order valence-electron chi connectivity index (χ1n) is 12.5. The number of nitrogens with zero attached hydrogens (tertiary/aromatic N) is 2. The SMILES string of the molecule is COc1cccc(F)c1CN1CCC/C(=C/NC(=O)c2ccc3n[nH]c(C4CCS(=O)(=O)CC4)c3c2)C1. The number of halogens is 1. The molecule has 3 aromatic rings. The minimum atomic E-state index is -2.96. The first-order chi connectivity index (χ1) is 17.8. The molecule has 0 bridgehead atoms. The number of rotatable bonds is 6. The molecule has 2 N–H and O–H groups in total. The highest BCUT2D eigenvalue weighted by molar-refractivity contribution is 7.91. The van der Waals surface area contributed by atoms with Crippen molar-refractivity contribution in [2.24, 2.45) is 0 Å². The van der Waals surface area contributed by atoms with Crippen LogP contribution in [0, 0.1) is 5.82 Å². The van der Waals surface area contributed by atoms with Crippen molar-refractivity contribution in [2.45, 2.75) is 38.1 Å². The summed E-state index contributed by atoms with van der Waals surface area (Å²) in [7, 11) is -1.42. The summed E-state index contributed by atoms with van der Waals surface area (Å²) in [4.78, 5) is 15.1. The number of benzene rings is 2. The average molecular weight is 527 g/mol. The van der Waals surface area contributed by atoms with Crippen molar-refractivity contribution in [2.75, 3.05) is 31.7 Å². The molecule has 8 nitrogen and oxygen atoms in total. The number of likely N-dealkylation sites (tertiary alicyclic amines) is 1. The third-order valence-electron chi connectivity index (χ3n) is 7.29. The van der Waals surface area contributed by atoms with Crippen LogP contribution in [-0.2, 0) is 16.4 Å². The summed E-state index contributed by atoms with van der Waals surface area (Å²) in [6.07, 6.45) is 4.65. The Hall–Kier alpha value is -3.24. The Morgan fingerprint density at radius 3 is 2.86 bits per heavy atom. The Labute approximate surface area is 215 Å². The van der Waals surface area contributed by atoms with Crippen LogP contribution in [0.25, 0.3) is 10.9 Å². The number of carbonyl (C=O) groups excluding carboxylic acids is 1. The van der Waals surface area contributed by atoms with Gasteiger partial charge >= 0.3 is 0 Å². The molecule has 5 rings (SSSR count). The molecule has 2 aliphatic rings. The molecule has 0 unspecified atom stereocenters. The number of ether oxygens (including phenoxy) is 1. The van der Waals surface area contributed by atoms with E-state index in [4.69, 9.17) is 4.74 Å². The second kappa shape index (κ2) is 10.6. The second-order valence-corrected chi connectivity index (χ2v) is 12.1. The van der Waals surface area contributed by atoms with Crippen LogP contribution in [0.1, 0.15) is 53.2 Å². The number of amides is 1. The van der Waals surface area contributed by atoms with E-state index >= 15 is 0 Å². The monoisotopic (exact) mass is 526 g/mol. The quantitative estimate of drug-likeness (QED) is 0.505. The van der Waals surface area contributed by atoms with Gasteiger partial charge < -0.3 is 10.1 Å². The highest BCUT2D eigenvalue weighted by Crippen LogP contribution is 2.33. The smallest absolute Gasteiger partial charge is 0.255 e. The summed E-state index contributed by atoms with van der Waals surface area (Å²) in [5, 5.41) is 11.2. The zero-order valence-corrected chi connectivity index (χ0v) is 21.6. The number of nitrogens with one attached hydrogen (secondary N) is 2. The molecule has 3 heterocycles. The fourth-order valence-electron chi connectivity index (χ4n) is 5.25. The van der Waals surface area contributed by atoms with Gasteiger partial charge in [0.15, 0.2) is 0 Å². The Balaban J connectivity index is 1.26. The van der Waals surface area contributed by atoms with Crippen LogP contribution in [-0.4, -0.2) is 61.1 Å². The third kappa shape index (κ3) is 5.70. The molecule has 2 aromatic carbocycles. The van der Waals surface area contributed by atoms with E-state index in [0.29, 0.717) is 42.8 Å². The summed E-state index contributed by atoms with van der Waals surface area (Å²) in [5.74, 6) is 0.455. The summed E-state index contributed by atoms with van der Waals surface area (Å²) in [5.41, 5.74) is 3.77. The summed E-state index contributed by atoms with van der Waals surface area (Å²) in [6, 6.07) is 10.2. The molecule has 0 aliphatic carbocycles. The predicted octanol–water partition coefficient (Wildman–Crippen LogP) is 3.91. The van der Waals surface area contributed by atoms with Gasteiger partial charge in [0.1, 0.15) is 21.4 Å². The lowest BCUT2D eigenvalue weighted by Crippen LogP contribution is -2.32. The molecule has 2 fully saturated rings. The van der Waals surface area contributed by atoms with E-state index < -0.39 is 9.84 Å². The van der Waals surface area contributed by atoms with Gasteiger partial charge in [-0.05, 0) is 68.1 Å². The number of piperidine rings is 1. The minimum Gasteiger partial charge on any atom is -0.496 e. The molecule has 10 heteroatoms. The molecule has 0 radical (unpaired) electrons. The Morgan fingerprint density at radius 2 is 2.08 bits per heavy atom. The van der Waals surface area contributed by atoms with E-state index in [1.165, 1.54) is 6.07 Å². The maximum Gasteiger partial charge on any atom is 0.255 e. The largest absolute Gasteiger partial charge is 0.496 e. The van der Waals surface area contributed by atoms with Crippen molar-refractivity contribution >= 4 is 26.6 Å². The second-order valence-electron chi connectivity index (χ2n) is 9.81. The number of sulfone groups is 1. The number of hydrogen-bond acceptors (Lipinski definition) is 6. The molecule has 2 aliphatic heterocycles. The van der Waals surface area contributed by atoms with E-state index in [2.05, 4.69) is 20.4 Å². The lowest BCUT2D eigenvalue weighted by molar-refractivity contribution is 0.0969. The van der Waals surface area contributed by atoms with Crippen molar-refractivity contribution in [3.05, 3.63) is 70.8 Å². The van der Waals surface area contributed by atoms with E-state index in [1.54, 1.807) is 37.6 Å². The number of fused-ring (bicyclic) bond motifs is 1. The van der Waals surface area contributed by atoms with Crippen LogP contribution in [0.2, 0.25) is 0 Å². The zero-order chi connectivity index (χ0) is 26.0. The van der Waals surface area contributed by atoms with Gasteiger partial charge in [-0.25, -0.2) is 12.8 Å². The first kappa shape index (κ1) is 25.4. The van der Waals surface area contributed by atoms with Crippen LogP contribution < -0.4 is 10.1 Å². The number of aromatic nitrogens is 2. The molecule has 2 saturated heterocycles. The van der Waals surface area contributed by atoms with E-state index in [9.17, 15) is 17.6 Å². The molecule has 37 heavy (non-hydrogen) atoms. The number of carbonyl (C=O) groups is 1. The molecule has 0 atom stereocenters. The molecular weight excluding hydrogens is 495 g/mol. The lowest BCUT2D eigenvalue weighted by atomic mass is 9.95. The molecule has 0 saturated carbocycles. The maximum atomic E-state index is 14.4. The summed E-state index contributed by atoms with van der Waals surface area (Å²) < 4.78 is 43.4. The number of aromatic amines is 1. The van der Waals surface area contributed by atoms with E-state index in [0.717, 1.165) is 41.6 Å². The van der Waals surface area contributed by atoms with Crippen LogP contribution in [0.3, 0.4) is 0 Å². The van der Waals surface area contributed by atoms with Gasteiger partial charge in [-0.1, -0.05) is 6.07 Å². The van der Waals surface area contributed by atoms with Crippen LogP contribution >= 0.6 is 0 Å². The lowest BCUT2D eigenvalue weighted by Gasteiger charge is -2.29. The Morgan fingerprint density at radius 1 is 1.27 bits per heavy atom. The van der Waals surface area contributed by atoms with E-state index in [-0.39, 0.29) is 29.1 Å². The van der Waals surface area contributed by atoms with Crippen molar-refractivity contribution in [1.82, 2.24) is 20.4 Å². The molecule has 1 aromatic heterocycles. The third-order valence-corrected chi connectivity index (χ3v) is 9.01. The predicted molar refractivity (Wildman–Crippen MR) is 140 cm³/mol. The van der Waals surface area contributed by atoms with Gasteiger partial charge in [0.2, 0.25) is 0 Å². The molecule has 0 spiro atoms. The van der Waals surface area contributed by atoms with Gasteiger partial charge in [-0.15, -0.1) is 0 Å². The van der Waals surface area contributed by atoms with Crippen molar-refractivity contribution < 1.29 is 22.3 Å². The van der Waals surface area contributed by atoms with Crippen molar-refractivity contribution in [3.63, 3.8) is 0 Å². The van der Waals surface area contributed by atoms with Gasteiger partial charge in [0.05, 0.1) is 24.1 Å². The van der Waals surface area contributed by atoms with Crippen LogP contribution in [0.15, 0.2) is 48.2 Å². The number of H-pyrrole nitrogens is 1.